The van der Waals surface area contributed by atoms with Gasteiger partial charge in [-0.15, -0.1) is 0 Å². The number of nitrogens with zero attached hydrogens (tertiary/aromatic N) is 3. The van der Waals surface area contributed by atoms with E-state index in [1.54, 1.807) is 0 Å². The van der Waals surface area contributed by atoms with E-state index in [0.29, 0.717) is 13.0 Å². The van der Waals surface area contributed by atoms with Gasteiger partial charge in [0.2, 0.25) is 0 Å². The van der Waals surface area contributed by atoms with Gasteiger partial charge in [0.1, 0.15) is 11.4 Å². The number of benzene rings is 1. The molecule has 0 aliphatic carbocycles. The first-order valence-electron chi connectivity index (χ1n) is 5.86. The molecule has 0 aliphatic rings. The van der Waals surface area contributed by atoms with Crippen LogP contribution in [0.3, 0.4) is 0 Å². The Labute approximate surface area is 104 Å². The Kier molecular flexibility index (Phi) is 2.60. The molecule has 0 aliphatic heterocycles. The molecule has 0 saturated heterocycles. The van der Waals surface area contributed by atoms with E-state index in [1.807, 2.05) is 19.3 Å². The van der Waals surface area contributed by atoms with Crippen LogP contribution in [0, 0.1) is 0 Å². The Morgan fingerprint density at radius 2 is 2.17 bits per heavy atom. The fourth-order valence-electron chi connectivity index (χ4n) is 2.16. The summed E-state index contributed by atoms with van der Waals surface area (Å²) in [5, 5.41) is 9.04. The second-order valence-corrected chi connectivity index (χ2v) is 4.30. The van der Waals surface area contributed by atoms with E-state index < -0.39 is 0 Å². The van der Waals surface area contributed by atoms with Gasteiger partial charge in [-0.05, 0) is 29.9 Å². The Bertz CT molecular complexity index is 683. The summed E-state index contributed by atoms with van der Waals surface area (Å²) in [7, 11) is 2.03. The van der Waals surface area contributed by atoms with Crippen molar-refractivity contribution in [3.8, 4) is 11.3 Å². The minimum absolute atomic E-state index is 0.537. The lowest BCUT2D eigenvalue weighted by Crippen LogP contribution is -2.04. The normalized spacial score (nSPS) is 11.2. The second-order valence-electron chi connectivity index (χ2n) is 4.30. The fourth-order valence-corrected chi connectivity index (χ4v) is 2.16. The molecule has 0 atom stereocenters. The standard InChI is InChI=1S/C13H14N4O/c1-17-7-5-9-8-10(2-3-12(9)17)13-11(4-6-14)15-18-16-13/h2-3,5,7-8H,4,6,14H2,1H3. The molecule has 2 N–H and O–H groups in total. The van der Waals surface area contributed by atoms with Crippen LogP contribution >= 0.6 is 0 Å². The number of hydrogen-bond acceptors (Lipinski definition) is 4. The molecule has 3 rings (SSSR count). The molecule has 0 spiro atoms. The molecule has 0 fully saturated rings. The van der Waals surface area contributed by atoms with Crippen molar-refractivity contribution in [3.05, 3.63) is 36.2 Å². The maximum atomic E-state index is 5.55. The number of aromatic nitrogens is 3. The lowest BCUT2D eigenvalue weighted by molar-refractivity contribution is 0.304. The van der Waals surface area contributed by atoms with Gasteiger partial charge in [-0.1, -0.05) is 11.2 Å². The Morgan fingerprint density at radius 3 is 3.00 bits per heavy atom. The average Bonchev–Trinajstić information content (AvgIpc) is 2.97. The number of hydrogen-bond donors (Lipinski definition) is 1. The lowest BCUT2D eigenvalue weighted by atomic mass is 10.1. The minimum atomic E-state index is 0.537. The zero-order valence-electron chi connectivity index (χ0n) is 10.1. The number of fused-ring (bicyclic) bond motifs is 1. The van der Waals surface area contributed by atoms with Crippen molar-refractivity contribution in [2.24, 2.45) is 12.8 Å². The number of nitrogens with two attached hydrogens (primary N) is 1. The van der Waals surface area contributed by atoms with E-state index in [0.717, 1.165) is 17.0 Å². The number of rotatable bonds is 3. The first-order chi connectivity index (χ1) is 8.79. The molecule has 92 valence electrons. The van der Waals surface area contributed by atoms with E-state index in [1.165, 1.54) is 10.9 Å². The fraction of sp³-hybridized carbons (Fsp3) is 0.231. The summed E-state index contributed by atoms with van der Waals surface area (Å²) in [5.41, 5.74) is 9.35. The average molecular weight is 242 g/mol. The van der Waals surface area contributed by atoms with Gasteiger partial charge in [0.25, 0.3) is 0 Å². The molecule has 2 aromatic heterocycles. The van der Waals surface area contributed by atoms with Gasteiger partial charge in [0.05, 0.1) is 0 Å². The van der Waals surface area contributed by atoms with Gasteiger partial charge >= 0.3 is 0 Å². The van der Waals surface area contributed by atoms with Crippen molar-refractivity contribution in [1.29, 1.82) is 0 Å². The first kappa shape index (κ1) is 11.0. The molecule has 0 saturated carbocycles. The summed E-state index contributed by atoms with van der Waals surface area (Å²) < 4.78 is 6.89. The largest absolute Gasteiger partial charge is 0.351 e. The van der Waals surface area contributed by atoms with E-state index in [4.69, 9.17) is 10.4 Å². The van der Waals surface area contributed by atoms with Crippen molar-refractivity contribution in [3.63, 3.8) is 0 Å². The van der Waals surface area contributed by atoms with Crippen LogP contribution in [0.4, 0.5) is 0 Å². The highest BCUT2D eigenvalue weighted by molar-refractivity contribution is 5.85. The topological polar surface area (TPSA) is 69.9 Å². The highest BCUT2D eigenvalue weighted by Crippen LogP contribution is 2.25. The SMILES string of the molecule is Cn1ccc2cc(-c3nonc3CCN)ccc21. The molecule has 2 heterocycles. The van der Waals surface area contributed by atoms with Crippen molar-refractivity contribution < 1.29 is 4.63 Å². The van der Waals surface area contributed by atoms with E-state index in [9.17, 15) is 0 Å². The second kappa shape index (κ2) is 4.27. The third kappa shape index (κ3) is 1.69. The van der Waals surface area contributed by atoms with Crippen molar-refractivity contribution >= 4 is 10.9 Å². The molecule has 1 aromatic carbocycles. The van der Waals surface area contributed by atoms with Crippen LogP contribution in [0.25, 0.3) is 22.2 Å². The van der Waals surface area contributed by atoms with Crippen LogP contribution in [0.5, 0.6) is 0 Å². The molecule has 0 amide bonds. The minimum Gasteiger partial charge on any atom is -0.351 e. The molecule has 5 heteroatoms. The summed E-state index contributed by atoms with van der Waals surface area (Å²) in [5.74, 6) is 0. The molecular formula is C13H14N4O. The Hall–Kier alpha value is -2.14. The monoisotopic (exact) mass is 242 g/mol. The molecule has 0 bridgehead atoms. The van der Waals surface area contributed by atoms with E-state index in [-0.39, 0.29) is 0 Å². The van der Waals surface area contributed by atoms with Gasteiger partial charge in [0.15, 0.2) is 0 Å². The van der Waals surface area contributed by atoms with Crippen molar-refractivity contribution in [1.82, 2.24) is 14.9 Å². The van der Waals surface area contributed by atoms with Crippen LogP contribution in [0.1, 0.15) is 5.69 Å². The highest BCUT2D eigenvalue weighted by atomic mass is 16.6. The van der Waals surface area contributed by atoms with Crippen LogP contribution in [-0.2, 0) is 13.5 Å². The molecule has 3 aromatic rings. The van der Waals surface area contributed by atoms with Gasteiger partial charge < -0.3 is 10.3 Å². The predicted octanol–water partition coefficient (Wildman–Crippen LogP) is 1.73. The van der Waals surface area contributed by atoms with Gasteiger partial charge in [-0.3, -0.25) is 0 Å². The van der Waals surface area contributed by atoms with Crippen molar-refractivity contribution in [2.45, 2.75) is 6.42 Å². The maximum Gasteiger partial charge on any atom is 0.138 e. The summed E-state index contributed by atoms with van der Waals surface area (Å²) in [6.07, 6.45) is 2.71. The van der Waals surface area contributed by atoms with Crippen LogP contribution in [-0.4, -0.2) is 21.4 Å². The zero-order chi connectivity index (χ0) is 12.5. The smallest absolute Gasteiger partial charge is 0.138 e. The summed E-state index contributed by atoms with van der Waals surface area (Å²) >= 11 is 0. The summed E-state index contributed by atoms with van der Waals surface area (Å²) in [6.45, 7) is 0.537. The van der Waals surface area contributed by atoms with E-state index in [2.05, 4.69) is 33.1 Å². The Balaban J connectivity index is 2.10. The highest BCUT2D eigenvalue weighted by Gasteiger charge is 2.12. The quantitative estimate of drug-likeness (QED) is 0.759. The third-order valence-corrected chi connectivity index (χ3v) is 3.10. The van der Waals surface area contributed by atoms with Crippen LogP contribution in [0.2, 0.25) is 0 Å². The lowest BCUT2D eigenvalue weighted by Gasteiger charge is -2.00. The van der Waals surface area contributed by atoms with E-state index >= 15 is 0 Å². The van der Waals surface area contributed by atoms with Gasteiger partial charge in [-0.25, -0.2) is 4.63 Å². The molecule has 0 unspecified atom stereocenters. The first-order valence-corrected chi connectivity index (χ1v) is 5.86. The van der Waals surface area contributed by atoms with Crippen LogP contribution < -0.4 is 5.73 Å². The van der Waals surface area contributed by atoms with Crippen molar-refractivity contribution in [2.75, 3.05) is 6.54 Å². The molecular weight excluding hydrogens is 228 g/mol. The maximum absolute atomic E-state index is 5.55. The predicted molar refractivity (Wildman–Crippen MR) is 69.0 cm³/mol. The third-order valence-electron chi connectivity index (χ3n) is 3.10. The molecule has 18 heavy (non-hydrogen) atoms. The molecule has 0 radical (unpaired) electrons. The van der Waals surface area contributed by atoms with Gasteiger partial charge in [0, 0.05) is 36.1 Å². The van der Waals surface area contributed by atoms with Crippen LogP contribution in [0.15, 0.2) is 35.1 Å². The zero-order valence-corrected chi connectivity index (χ0v) is 10.1. The number of aryl methyl sites for hydroxylation is 1. The Morgan fingerprint density at radius 1 is 1.28 bits per heavy atom. The summed E-state index contributed by atoms with van der Waals surface area (Å²) in [6, 6.07) is 8.28. The molecule has 5 nitrogen and oxygen atoms in total. The van der Waals surface area contributed by atoms with Gasteiger partial charge in [-0.2, -0.15) is 0 Å². The summed E-state index contributed by atoms with van der Waals surface area (Å²) in [4.78, 5) is 0.